The van der Waals surface area contributed by atoms with E-state index in [9.17, 15) is 18.8 Å². The van der Waals surface area contributed by atoms with Crippen LogP contribution < -0.4 is 10.6 Å². The minimum Gasteiger partial charge on any atom is -0.385 e. The Morgan fingerprint density at radius 1 is 1.26 bits per heavy atom. The van der Waals surface area contributed by atoms with Gasteiger partial charge in [-0.3, -0.25) is 19.1 Å². The summed E-state index contributed by atoms with van der Waals surface area (Å²) in [6, 6.07) is 7.22. The zero-order chi connectivity index (χ0) is 22.6. The van der Waals surface area contributed by atoms with Crippen LogP contribution in [0, 0.1) is 5.82 Å². The Balaban J connectivity index is 1.71. The number of carbonyl (C=O) groups is 3. The van der Waals surface area contributed by atoms with Crippen LogP contribution in [0.3, 0.4) is 0 Å². The first-order valence-corrected chi connectivity index (χ1v) is 9.92. The third-order valence-corrected chi connectivity index (χ3v) is 5.40. The highest BCUT2D eigenvalue weighted by Crippen LogP contribution is 2.26. The fraction of sp³-hybridized carbons (Fsp3) is 0.429. The monoisotopic (exact) mass is 431 g/mol. The Morgan fingerprint density at radius 3 is 2.65 bits per heavy atom. The predicted molar refractivity (Wildman–Crippen MR) is 110 cm³/mol. The van der Waals surface area contributed by atoms with Gasteiger partial charge < -0.3 is 20.3 Å². The van der Waals surface area contributed by atoms with Crippen molar-refractivity contribution in [3.63, 3.8) is 0 Å². The van der Waals surface area contributed by atoms with Gasteiger partial charge in [0.25, 0.3) is 11.8 Å². The molecule has 0 spiro atoms. The van der Waals surface area contributed by atoms with Crippen molar-refractivity contribution >= 4 is 17.7 Å². The lowest BCUT2D eigenvalue weighted by molar-refractivity contribution is -0.132. The highest BCUT2D eigenvalue weighted by molar-refractivity contribution is 6.01. The Labute approximate surface area is 179 Å². The number of amides is 3. The predicted octanol–water partition coefficient (Wildman–Crippen LogP) is 0.949. The molecule has 0 unspecified atom stereocenters. The number of ether oxygens (including phenoxy) is 1. The quantitative estimate of drug-likeness (QED) is 0.606. The number of likely N-dealkylation sites (N-methyl/N-ethyl adjacent to an activating group) is 1. The van der Waals surface area contributed by atoms with Gasteiger partial charge in [-0.15, -0.1) is 0 Å². The molecule has 1 aromatic carbocycles. The molecule has 1 aliphatic heterocycles. The smallest absolute Gasteiger partial charge is 0.272 e. The van der Waals surface area contributed by atoms with E-state index in [4.69, 9.17) is 4.74 Å². The lowest BCUT2D eigenvalue weighted by Gasteiger charge is -2.40. The number of methoxy groups -OCH3 is 1. The van der Waals surface area contributed by atoms with E-state index in [0.717, 1.165) is 5.56 Å². The summed E-state index contributed by atoms with van der Waals surface area (Å²) < 4.78 is 19.4. The molecule has 0 fully saturated rings. The molecule has 31 heavy (non-hydrogen) atoms. The van der Waals surface area contributed by atoms with E-state index in [-0.39, 0.29) is 36.2 Å². The third-order valence-electron chi connectivity index (χ3n) is 5.40. The summed E-state index contributed by atoms with van der Waals surface area (Å²) in [5, 5.41) is 9.77. The maximum Gasteiger partial charge on any atom is 0.272 e. The minimum atomic E-state index is -1.21. The lowest BCUT2D eigenvalue weighted by Crippen LogP contribution is -2.62. The molecule has 9 nitrogen and oxygen atoms in total. The van der Waals surface area contributed by atoms with Crippen LogP contribution >= 0.6 is 0 Å². The minimum absolute atomic E-state index is 0.0940. The molecule has 2 aromatic rings. The number of hydrogen-bond donors (Lipinski definition) is 2. The standard InChI is InChI=1S/C21H26FN5O4/c1-21(20(30)24-12-14-5-7-15(22)8-6-14)13-27-17(19(29)26(21)2)11-16(25-27)18(28)23-9-4-10-31-3/h5-8,11H,4,9-10,12-13H2,1-3H3,(H,23,28)(H,24,30)/t21-/m1/s1. The molecule has 3 rings (SSSR count). The first kappa shape index (κ1) is 22.4. The van der Waals surface area contributed by atoms with E-state index in [2.05, 4.69) is 15.7 Å². The molecule has 0 saturated carbocycles. The maximum absolute atomic E-state index is 13.1. The Hall–Kier alpha value is -3.27. The largest absolute Gasteiger partial charge is 0.385 e. The van der Waals surface area contributed by atoms with E-state index in [1.54, 1.807) is 33.2 Å². The van der Waals surface area contributed by atoms with Crippen LogP contribution in [0.25, 0.3) is 0 Å². The number of fused-ring (bicyclic) bond motifs is 1. The topological polar surface area (TPSA) is 106 Å². The summed E-state index contributed by atoms with van der Waals surface area (Å²) in [5.74, 6) is -1.53. The SMILES string of the molecule is COCCCNC(=O)c1cc2n(n1)C[C@](C)(C(=O)NCc1ccc(F)cc1)N(C)C2=O. The van der Waals surface area contributed by atoms with Gasteiger partial charge in [0.2, 0.25) is 5.91 Å². The summed E-state index contributed by atoms with van der Waals surface area (Å²) >= 11 is 0. The lowest BCUT2D eigenvalue weighted by atomic mass is 9.96. The Bertz CT molecular complexity index is 975. The number of hydrogen-bond acceptors (Lipinski definition) is 5. The van der Waals surface area contributed by atoms with Crippen LogP contribution in [0.5, 0.6) is 0 Å². The fourth-order valence-electron chi connectivity index (χ4n) is 3.32. The molecule has 0 saturated heterocycles. The summed E-state index contributed by atoms with van der Waals surface area (Å²) in [5.41, 5.74) is -0.114. The molecule has 1 aliphatic rings. The van der Waals surface area contributed by atoms with Crippen molar-refractivity contribution in [1.29, 1.82) is 0 Å². The molecular weight excluding hydrogens is 405 g/mol. The van der Waals surface area contributed by atoms with Crippen LogP contribution in [0.15, 0.2) is 30.3 Å². The van der Waals surface area contributed by atoms with Gasteiger partial charge in [-0.2, -0.15) is 5.10 Å². The van der Waals surface area contributed by atoms with Gasteiger partial charge in [0, 0.05) is 39.9 Å². The van der Waals surface area contributed by atoms with E-state index >= 15 is 0 Å². The highest BCUT2D eigenvalue weighted by Gasteiger charge is 2.46. The first-order valence-electron chi connectivity index (χ1n) is 9.92. The van der Waals surface area contributed by atoms with Crippen molar-refractivity contribution in [3.8, 4) is 0 Å². The first-order chi connectivity index (χ1) is 14.8. The van der Waals surface area contributed by atoms with Gasteiger partial charge in [0.1, 0.15) is 17.1 Å². The summed E-state index contributed by atoms with van der Waals surface area (Å²) in [6.07, 6.45) is 0.657. The van der Waals surface area contributed by atoms with Crippen molar-refractivity contribution in [2.24, 2.45) is 0 Å². The Kier molecular flexibility index (Phi) is 6.69. The maximum atomic E-state index is 13.1. The van der Waals surface area contributed by atoms with Crippen LogP contribution in [0.2, 0.25) is 0 Å². The third kappa shape index (κ3) is 4.74. The molecule has 166 valence electrons. The highest BCUT2D eigenvalue weighted by atomic mass is 19.1. The average Bonchev–Trinajstić information content (AvgIpc) is 3.18. The van der Waals surface area contributed by atoms with Crippen molar-refractivity contribution in [1.82, 2.24) is 25.3 Å². The van der Waals surface area contributed by atoms with Gasteiger partial charge >= 0.3 is 0 Å². The van der Waals surface area contributed by atoms with Crippen LogP contribution in [0.4, 0.5) is 4.39 Å². The van der Waals surface area contributed by atoms with E-state index < -0.39 is 17.4 Å². The van der Waals surface area contributed by atoms with Gasteiger partial charge in [-0.1, -0.05) is 12.1 Å². The molecule has 0 aliphatic carbocycles. The Morgan fingerprint density at radius 2 is 1.97 bits per heavy atom. The molecule has 0 radical (unpaired) electrons. The van der Waals surface area contributed by atoms with Crippen molar-refractivity contribution in [3.05, 3.63) is 53.1 Å². The van der Waals surface area contributed by atoms with E-state index in [1.807, 2.05) is 0 Å². The van der Waals surface area contributed by atoms with E-state index in [1.165, 1.54) is 27.8 Å². The van der Waals surface area contributed by atoms with Crippen molar-refractivity contribution < 1.29 is 23.5 Å². The molecule has 2 heterocycles. The average molecular weight is 431 g/mol. The van der Waals surface area contributed by atoms with Gasteiger partial charge in [-0.25, -0.2) is 4.39 Å². The van der Waals surface area contributed by atoms with Gasteiger partial charge in [-0.05, 0) is 31.0 Å². The molecule has 3 amide bonds. The second-order valence-corrected chi connectivity index (χ2v) is 7.62. The summed E-state index contributed by atoms with van der Waals surface area (Å²) in [4.78, 5) is 39.5. The number of aromatic nitrogens is 2. The molecule has 2 N–H and O–H groups in total. The fourth-order valence-corrected chi connectivity index (χ4v) is 3.32. The van der Waals surface area contributed by atoms with Crippen LogP contribution in [-0.2, 0) is 22.6 Å². The number of rotatable bonds is 8. The van der Waals surface area contributed by atoms with Crippen molar-refractivity contribution in [2.75, 3.05) is 27.3 Å². The normalized spacial score (nSPS) is 17.9. The number of carbonyl (C=O) groups excluding carboxylic acids is 3. The van der Waals surface area contributed by atoms with Crippen LogP contribution in [0.1, 0.15) is 39.9 Å². The molecule has 1 aromatic heterocycles. The number of halogens is 1. The summed E-state index contributed by atoms with van der Waals surface area (Å²) in [7, 11) is 3.13. The zero-order valence-electron chi connectivity index (χ0n) is 17.8. The summed E-state index contributed by atoms with van der Waals surface area (Å²) in [6.45, 7) is 2.87. The van der Waals surface area contributed by atoms with Crippen LogP contribution in [-0.4, -0.2) is 65.2 Å². The van der Waals surface area contributed by atoms with E-state index in [0.29, 0.717) is 19.6 Å². The second kappa shape index (κ2) is 9.25. The van der Waals surface area contributed by atoms with Gasteiger partial charge in [0.05, 0.1) is 6.54 Å². The second-order valence-electron chi connectivity index (χ2n) is 7.62. The number of benzene rings is 1. The van der Waals surface area contributed by atoms with Gasteiger partial charge in [0.15, 0.2) is 5.69 Å². The molecule has 10 heteroatoms. The molecule has 0 bridgehead atoms. The van der Waals surface area contributed by atoms with Crippen molar-refractivity contribution in [2.45, 2.75) is 32.0 Å². The molecular formula is C21H26FN5O4. The zero-order valence-corrected chi connectivity index (χ0v) is 17.8. The number of nitrogens with one attached hydrogen (secondary N) is 2. The molecule has 1 atom stereocenters. The number of nitrogens with zero attached hydrogens (tertiary/aromatic N) is 3.